The van der Waals surface area contributed by atoms with Gasteiger partial charge in [-0.05, 0) is 98.8 Å². The highest BCUT2D eigenvalue weighted by Crippen LogP contribution is 2.31. The molecule has 0 aliphatic heterocycles. The molecule has 1 heterocycles. The molecule has 0 amide bonds. The second kappa shape index (κ2) is 9.37. The monoisotopic (exact) mass is 637 g/mol. The predicted molar refractivity (Wildman–Crippen MR) is 137 cm³/mol. The van der Waals surface area contributed by atoms with Gasteiger partial charge in [0.15, 0.2) is 0 Å². The number of nitrogens with zero attached hydrogens (tertiary/aromatic N) is 2. The summed E-state index contributed by atoms with van der Waals surface area (Å²) in [5.74, 6) is 1.39. The van der Waals surface area contributed by atoms with Gasteiger partial charge < -0.3 is 9.72 Å². The third kappa shape index (κ3) is 4.79. The van der Waals surface area contributed by atoms with Gasteiger partial charge in [-0.15, -0.1) is 0 Å². The van der Waals surface area contributed by atoms with Crippen molar-refractivity contribution in [2.45, 2.75) is 6.61 Å². The van der Waals surface area contributed by atoms with E-state index in [1.807, 2.05) is 66.7 Å². The Bertz CT molecular complexity index is 1230. The number of nitrogens with one attached hydrogen (secondary N) is 1. The molecule has 4 aromatic rings. The Labute approximate surface area is 206 Å². The Hall–Kier alpha value is -2.09. The Kier molecular flexibility index (Phi) is 6.61. The Morgan fingerprint density at radius 1 is 1.10 bits per heavy atom. The minimum absolute atomic E-state index is 0.459. The van der Waals surface area contributed by atoms with Gasteiger partial charge in [-0.1, -0.05) is 35.9 Å². The van der Waals surface area contributed by atoms with Crippen molar-refractivity contribution in [1.82, 2.24) is 9.97 Å². The van der Waals surface area contributed by atoms with Gasteiger partial charge in [0.25, 0.3) is 0 Å². The summed E-state index contributed by atoms with van der Waals surface area (Å²) in [6, 6.07) is 21.6. The molecule has 4 rings (SSSR count). The van der Waals surface area contributed by atoms with Crippen LogP contribution in [0.4, 0.5) is 0 Å². The molecule has 0 fully saturated rings. The van der Waals surface area contributed by atoms with E-state index in [0.29, 0.717) is 23.0 Å². The molecule has 30 heavy (non-hydrogen) atoms. The van der Waals surface area contributed by atoms with Crippen LogP contribution < -0.4 is 4.74 Å². The first-order valence-corrected chi connectivity index (χ1v) is 11.5. The van der Waals surface area contributed by atoms with Gasteiger partial charge in [0.1, 0.15) is 24.3 Å². The number of hydrogen-bond acceptors (Lipinski definition) is 3. The van der Waals surface area contributed by atoms with E-state index in [0.717, 1.165) is 35.1 Å². The molecule has 0 radical (unpaired) electrons. The maximum atomic E-state index is 9.67. The number of para-hydroxylation sites is 2. The number of aromatic amines is 1. The van der Waals surface area contributed by atoms with Gasteiger partial charge in [-0.25, -0.2) is 4.98 Å². The molecule has 0 atom stereocenters. The zero-order valence-corrected chi connectivity index (χ0v) is 20.6. The maximum absolute atomic E-state index is 9.67. The van der Waals surface area contributed by atoms with Crippen molar-refractivity contribution in [1.29, 1.82) is 5.26 Å². The number of ether oxygens (including phenoxy) is 1. The van der Waals surface area contributed by atoms with E-state index in [1.54, 1.807) is 0 Å². The lowest BCUT2D eigenvalue weighted by Crippen LogP contribution is -1.99. The molecule has 7 heteroatoms. The molecule has 0 spiro atoms. The summed E-state index contributed by atoms with van der Waals surface area (Å²) in [4.78, 5) is 7.74. The van der Waals surface area contributed by atoms with E-state index < -0.39 is 0 Å². The number of benzene rings is 3. The van der Waals surface area contributed by atoms with Gasteiger partial charge in [0, 0.05) is 5.02 Å². The van der Waals surface area contributed by atoms with E-state index in [4.69, 9.17) is 16.3 Å². The molecule has 0 aliphatic carbocycles. The van der Waals surface area contributed by atoms with Crippen LogP contribution in [0.3, 0.4) is 0 Å². The highest BCUT2D eigenvalue weighted by molar-refractivity contribution is 14.1. The summed E-state index contributed by atoms with van der Waals surface area (Å²) in [6.07, 6.45) is 1.84. The van der Waals surface area contributed by atoms with Crippen LogP contribution in [0.1, 0.15) is 17.0 Å². The van der Waals surface area contributed by atoms with E-state index in [2.05, 4.69) is 61.2 Å². The van der Waals surface area contributed by atoms with Crippen LogP contribution >= 0.6 is 56.8 Å². The first-order valence-electron chi connectivity index (χ1n) is 8.96. The minimum atomic E-state index is 0.459. The standard InChI is InChI=1S/C23H14ClI2N3O/c24-17-7-5-14(6-8-17)13-30-22-18(25)10-15(11-19(22)26)9-16(12-27)23-28-20-3-1-2-4-21(20)29-23/h1-11H,13H2,(H,28,29)/b16-9-. The molecule has 1 N–H and O–H groups in total. The minimum Gasteiger partial charge on any atom is -0.487 e. The summed E-state index contributed by atoms with van der Waals surface area (Å²) in [5.41, 5.74) is 4.19. The summed E-state index contributed by atoms with van der Waals surface area (Å²) < 4.78 is 7.99. The van der Waals surface area contributed by atoms with Gasteiger partial charge in [0.05, 0.1) is 23.7 Å². The highest BCUT2D eigenvalue weighted by Gasteiger charge is 2.12. The number of halogens is 3. The summed E-state index contributed by atoms with van der Waals surface area (Å²) in [6.45, 7) is 0.459. The molecule has 1 aromatic heterocycles. The van der Waals surface area contributed by atoms with Gasteiger partial charge in [-0.2, -0.15) is 5.26 Å². The number of aromatic nitrogens is 2. The topological polar surface area (TPSA) is 61.7 Å². The SMILES string of the molecule is N#C/C(=C/c1cc(I)c(OCc2ccc(Cl)cc2)c(I)c1)c1nc2ccccc2[nH]1. The zero-order chi connectivity index (χ0) is 21.1. The molecule has 0 bridgehead atoms. The first kappa shape index (κ1) is 21.2. The number of nitriles is 1. The van der Waals surface area contributed by atoms with Gasteiger partial charge in [0.2, 0.25) is 0 Å². The Balaban J connectivity index is 1.59. The average molecular weight is 638 g/mol. The average Bonchev–Trinajstić information content (AvgIpc) is 3.16. The quantitative estimate of drug-likeness (QED) is 0.188. The van der Waals surface area contributed by atoms with Crippen LogP contribution in [0, 0.1) is 18.5 Å². The summed E-state index contributed by atoms with van der Waals surface area (Å²) >= 11 is 10.5. The molecule has 3 aromatic carbocycles. The van der Waals surface area contributed by atoms with Crippen LogP contribution in [-0.2, 0) is 6.61 Å². The van der Waals surface area contributed by atoms with Gasteiger partial charge in [-0.3, -0.25) is 0 Å². The van der Waals surface area contributed by atoms with Crippen LogP contribution in [0.2, 0.25) is 5.02 Å². The lowest BCUT2D eigenvalue weighted by atomic mass is 10.1. The third-order valence-electron chi connectivity index (χ3n) is 4.39. The van der Waals surface area contributed by atoms with Crippen molar-refractivity contribution in [2.75, 3.05) is 0 Å². The second-order valence-electron chi connectivity index (χ2n) is 6.50. The largest absolute Gasteiger partial charge is 0.487 e. The fourth-order valence-electron chi connectivity index (χ4n) is 2.94. The van der Waals surface area contributed by atoms with Crippen LogP contribution in [0.25, 0.3) is 22.7 Å². The Morgan fingerprint density at radius 2 is 1.80 bits per heavy atom. The normalized spacial score (nSPS) is 11.5. The number of imidazole rings is 1. The summed E-state index contributed by atoms with van der Waals surface area (Å²) in [5, 5.41) is 10.4. The highest BCUT2D eigenvalue weighted by atomic mass is 127. The molecule has 4 nitrogen and oxygen atoms in total. The molecule has 0 aliphatic rings. The fraction of sp³-hybridized carbons (Fsp3) is 0.0435. The number of hydrogen-bond donors (Lipinski definition) is 1. The number of rotatable bonds is 5. The second-order valence-corrected chi connectivity index (χ2v) is 9.26. The van der Waals surface area contributed by atoms with Crippen molar-refractivity contribution >= 4 is 79.5 Å². The fourth-order valence-corrected chi connectivity index (χ4v) is 5.19. The first-order chi connectivity index (χ1) is 14.5. The Morgan fingerprint density at radius 3 is 2.47 bits per heavy atom. The number of allylic oxidation sites excluding steroid dienone is 1. The van der Waals surface area contributed by atoms with Crippen molar-refractivity contribution in [3.63, 3.8) is 0 Å². The lowest BCUT2D eigenvalue weighted by molar-refractivity contribution is 0.302. The third-order valence-corrected chi connectivity index (χ3v) is 6.25. The summed E-state index contributed by atoms with van der Waals surface area (Å²) in [7, 11) is 0. The van der Waals surface area contributed by atoms with Crippen molar-refractivity contribution in [2.24, 2.45) is 0 Å². The lowest BCUT2D eigenvalue weighted by Gasteiger charge is -2.12. The van der Waals surface area contributed by atoms with Crippen LogP contribution in [0.15, 0.2) is 60.7 Å². The van der Waals surface area contributed by atoms with E-state index in [1.165, 1.54) is 0 Å². The van der Waals surface area contributed by atoms with Crippen molar-refractivity contribution in [3.8, 4) is 11.8 Å². The maximum Gasteiger partial charge on any atom is 0.149 e. The van der Waals surface area contributed by atoms with Crippen molar-refractivity contribution < 1.29 is 4.74 Å². The molecular weight excluding hydrogens is 624 g/mol. The molecule has 0 saturated carbocycles. The molecule has 0 unspecified atom stereocenters. The predicted octanol–water partition coefficient (Wildman–Crippen LogP) is 7.07. The van der Waals surface area contributed by atoms with E-state index in [9.17, 15) is 5.26 Å². The zero-order valence-electron chi connectivity index (χ0n) is 15.5. The van der Waals surface area contributed by atoms with Crippen LogP contribution in [-0.4, -0.2) is 9.97 Å². The molecule has 148 valence electrons. The molecular formula is C23H14ClI2N3O. The number of H-pyrrole nitrogens is 1. The number of fused-ring (bicyclic) bond motifs is 1. The van der Waals surface area contributed by atoms with Crippen molar-refractivity contribution in [3.05, 3.63) is 89.8 Å². The van der Waals surface area contributed by atoms with E-state index >= 15 is 0 Å². The van der Waals surface area contributed by atoms with Crippen LogP contribution in [0.5, 0.6) is 5.75 Å². The van der Waals surface area contributed by atoms with E-state index in [-0.39, 0.29) is 0 Å². The molecule has 0 saturated heterocycles. The van der Waals surface area contributed by atoms with Gasteiger partial charge >= 0.3 is 0 Å². The smallest absolute Gasteiger partial charge is 0.149 e.